The maximum Gasteiger partial charge on any atom is 0.0243 e. The molecule has 8 heavy (non-hydrogen) atoms. The Kier molecular flexibility index (Phi) is 1.82. The van der Waals surface area contributed by atoms with Crippen LogP contribution in [0.5, 0.6) is 0 Å². The molecule has 0 unspecified atom stereocenters. The van der Waals surface area contributed by atoms with E-state index in [0.29, 0.717) is 6.90 Å². The Morgan fingerprint density at radius 3 is 3.00 bits per heavy atom. The van der Waals surface area contributed by atoms with Gasteiger partial charge in [0.05, 0.1) is 0 Å². The molecule has 0 aromatic heterocycles. The molecule has 0 saturated carbocycles. The van der Waals surface area contributed by atoms with Gasteiger partial charge in [-0.05, 0) is 6.54 Å². The summed E-state index contributed by atoms with van der Waals surface area (Å²) < 4.78 is 6.98. The highest BCUT2D eigenvalue weighted by Gasteiger charge is 2.04. The van der Waals surface area contributed by atoms with Gasteiger partial charge in [0.1, 0.15) is 0 Å². The first kappa shape index (κ1) is 4.77. The van der Waals surface area contributed by atoms with E-state index in [-0.39, 0.29) is 0 Å². The van der Waals surface area contributed by atoms with Crippen molar-refractivity contribution in [2.75, 3.05) is 32.7 Å². The molecule has 1 N–H and O–H groups in total. The second-order valence-electron chi connectivity index (χ2n) is 2.09. The fraction of sp³-hybridized carbons (Fsp3) is 1.00. The molecule has 0 spiro atoms. The second-order valence-corrected chi connectivity index (χ2v) is 2.09. The summed E-state index contributed by atoms with van der Waals surface area (Å²) in [6.45, 7) is 5.93. The van der Waals surface area contributed by atoms with Crippen LogP contribution < -0.4 is 5.32 Å². The van der Waals surface area contributed by atoms with E-state index in [4.69, 9.17) is 1.37 Å². The fourth-order valence-electron chi connectivity index (χ4n) is 0.935. The van der Waals surface area contributed by atoms with Gasteiger partial charge in [0.25, 0.3) is 0 Å². The van der Waals surface area contributed by atoms with Crippen LogP contribution in [-0.4, -0.2) is 37.6 Å². The average molecular weight is 115 g/mol. The minimum atomic E-state index is 0.542. The molecule has 1 saturated heterocycles. The molecule has 0 radical (unpaired) electrons. The van der Waals surface area contributed by atoms with Crippen LogP contribution >= 0.6 is 0 Å². The van der Waals surface area contributed by atoms with E-state index < -0.39 is 0 Å². The molecule has 1 aliphatic heterocycles. The zero-order chi connectivity index (χ0) is 6.53. The molecule has 0 aromatic carbocycles. The highest BCUT2D eigenvalue weighted by Crippen LogP contribution is 1.88. The first-order valence-electron chi connectivity index (χ1n) is 3.86. The predicted molar refractivity (Wildman–Crippen MR) is 35.0 cm³/mol. The highest BCUT2D eigenvalue weighted by atomic mass is 15.2. The summed E-state index contributed by atoms with van der Waals surface area (Å²) in [5, 5.41) is 3.27. The van der Waals surface area contributed by atoms with Gasteiger partial charge in [-0.1, -0.05) is 6.90 Å². The lowest BCUT2D eigenvalue weighted by Gasteiger charge is -2.25. The molecular weight excluding hydrogens is 100 g/mol. The van der Waals surface area contributed by atoms with Crippen molar-refractivity contribution < 1.29 is 1.37 Å². The van der Waals surface area contributed by atoms with Crippen LogP contribution in [0.15, 0.2) is 0 Å². The molecule has 0 aliphatic carbocycles. The van der Waals surface area contributed by atoms with E-state index >= 15 is 0 Å². The molecule has 1 rings (SSSR count). The number of hydrogen-bond acceptors (Lipinski definition) is 2. The summed E-state index contributed by atoms with van der Waals surface area (Å²) in [4.78, 5) is 2.32. The standard InChI is InChI=1S/C6H14N2/c1-2-8-5-3-7-4-6-8/h7H,2-6H2,1H3/i1D. The normalized spacial score (nSPS) is 25.2. The van der Waals surface area contributed by atoms with E-state index in [1.54, 1.807) is 0 Å². The smallest absolute Gasteiger partial charge is 0.0243 e. The zero-order valence-corrected chi connectivity index (χ0v) is 5.19. The zero-order valence-electron chi connectivity index (χ0n) is 6.19. The number of nitrogens with zero attached hydrogens (tertiary/aromatic N) is 1. The summed E-state index contributed by atoms with van der Waals surface area (Å²) >= 11 is 0. The van der Waals surface area contributed by atoms with Gasteiger partial charge in [0.2, 0.25) is 0 Å². The first-order valence-corrected chi connectivity index (χ1v) is 3.16. The predicted octanol–water partition coefficient (Wildman–Crippen LogP) is -0.0885. The Balaban J connectivity index is 2.08. The Hall–Kier alpha value is -0.0800. The molecule has 1 fully saturated rings. The van der Waals surface area contributed by atoms with Crippen LogP contribution in [0, 0.1) is 0 Å². The summed E-state index contributed by atoms with van der Waals surface area (Å²) in [7, 11) is 0. The molecule has 2 nitrogen and oxygen atoms in total. The third kappa shape index (κ3) is 1.46. The summed E-state index contributed by atoms with van der Waals surface area (Å²) in [6, 6.07) is 0. The second kappa shape index (κ2) is 3.05. The average Bonchev–Trinajstić information content (AvgIpc) is 1.91. The van der Waals surface area contributed by atoms with Crippen molar-refractivity contribution in [1.29, 1.82) is 0 Å². The Morgan fingerprint density at radius 1 is 1.62 bits per heavy atom. The van der Waals surface area contributed by atoms with E-state index in [0.717, 1.165) is 32.7 Å². The van der Waals surface area contributed by atoms with Crippen molar-refractivity contribution in [2.45, 2.75) is 6.90 Å². The van der Waals surface area contributed by atoms with Gasteiger partial charge in [-0.3, -0.25) is 0 Å². The first-order chi connectivity index (χ1) is 4.43. The molecule has 48 valence electrons. The minimum absolute atomic E-state index is 0.542. The van der Waals surface area contributed by atoms with Crippen molar-refractivity contribution in [3.63, 3.8) is 0 Å². The van der Waals surface area contributed by atoms with Crippen LogP contribution in [0.1, 0.15) is 8.27 Å². The minimum Gasteiger partial charge on any atom is -0.314 e. The highest BCUT2D eigenvalue weighted by molar-refractivity contribution is 4.64. The molecule has 1 heterocycles. The lowest BCUT2D eigenvalue weighted by molar-refractivity contribution is 0.253. The van der Waals surface area contributed by atoms with Gasteiger partial charge in [-0.2, -0.15) is 0 Å². The van der Waals surface area contributed by atoms with Crippen LogP contribution in [0.25, 0.3) is 0 Å². The Morgan fingerprint density at radius 2 is 2.38 bits per heavy atom. The van der Waals surface area contributed by atoms with E-state index in [1.807, 2.05) is 0 Å². The Labute approximate surface area is 52.3 Å². The maximum absolute atomic E-state index is 6.98. The number of piperazine rings is 1. The lowest BCUT2D eigenvalue weighted by atomic mass is 10.4. The molecule has 1 aliphatic rings. The SMILES string of the molecule is [2H]CCN1CCNCC1. The lowest BCUT2D eigenvalue weighted by Crippen LogP contribution is -2.43. The van der Waals surface area contributed by atoms with Gasteiger partial charge < -0.3 is 10.2 Å². The summed E-state index contributed by atoms with van der Waals surface area (Å²) in [5.41, 5.74) is 0. The third-order valence-corrected chi connectivity index (χ3v) is 1.53. The van der Waals surface area contributed by atoms with Crippen molar-refractivity contribution >= 4 is 0 Å². The van der Waals surface area contributed by atoms with Gasteiger partial charge in [-0.15, -0.1) is 0 Å². The molecule has 2 heteroatoms. The fourth-order valence-corrected chi connectivity index (χ4v) is 0.935. The van der Waals surface area contributed by atoms with Crippen LogP contribution in [0.2, 0.25) is 0 Å². The van der Waals surface area contributed by atoms with Crippen molar-refractivity contribution in [3.05, 3.63) is 0 Å². The third-order valence-electron chi connectivity index (χ3n) is 1.53. The number of likely N-dealkylation sites (N-methyl/N-ethyl adjacent to an activating group) is 1. The van der Waals surface area contributed by atoms with E-state index in [2.05, 4.69) is 10.2 Å². The topological polar surface area (TPSA) is 15.3 Å². The van der Waals surface area contributed by atoms with Gasteiger partial charge in [-0.25, -0.2) is 0 Å². The monoisotopic (exact) mass is 115 g/mol. The van der Waals surface area contributed by atoms with Gasteiger partial charge >= 0.3 is 0 Å². The number of rotatable bonds is 1. The van der Waals surface area contributed by atoms with Crippen LogP contribution in [0.4, 0.5) is 0 Å². The van der Waals surface area contributed by atoms with Crippen LogP contribution in [0.3, 0.4) is 0 Å². The molecule has 0 amide bonds. The van der Waals surface area contributed by atoms with Gasteiger partial charge in [0, 0.05) is 27.5 Å². The van der Waals surface area contributed by atoms with E-state index in [1.165, 1.54) is 0 Å². The molecule has 0 atom stereocenters. The molecule has 0 aromatic rings. The number of hydrogen-bond donors (Lipinski definition) is 1. The van der Waals surface area contributed by atoms with Crippen molar-refractivity contribution in [1.82, 2.24) is 10.2 Å². The summed E-state index contributed by atoms with van der Waals surface area (Å²) in [5.74, 6) is 0. The van der Waals surface area contributed by atoms with Crippen LogP contribution in [-0.2, 0) is 0 Å². The Bertz CT molecular complexity index is 68.7. The van der Waals surface area contributed by atoms with E-state index in [9.17, 15) is 0 Å². The quantitative estimate of drug-likeness (QED) is 0.514. The van der Waals surface area contributed by atoms with Crippen molar-refractivity contribution in [3.8, 4) is 0 Å². The summed E-state index contributed by atoms with van der Waals surface area (Å²) in [6.07, 6.45) is 0. The van der Waals surface area contributed by atoms with Crippen molar-refractivity contribution in [2.24, 2.45) is 0 Å². The van der Waals surface area contributed by atoms with Gasteiger partial charge in [0.15, 0.2) is 0 Å². The molecule has 0 bridgehead atoms. The molecular formula is C6H14N2. The maximum atomic E-state index is 6.98. The number of nitrogens with one attached hydrogen (secondary N) is 1. The largest absolute Gasteiger partial charge is 0.314 e.